The Bertz CT molecular complexity index is 1100. The summed E-state index contributed by atoms with van der Waals surface area (Å²) < 4.78 is 5.77. The number of furan rings is 1. The highest BCUT2D eigenvalue weighted by atomic mass is 16.3. The van der Waals surface area contributed by atoms with E-state index in [1.54, 1.807) is 7.05 Å². The monoisotopic (exact) mass is 419 g/mol. The van der Waals surface area contributed by atoms with E-state index < -0.39 is 0 Å². The fourth-order valence-corrected chi connectivity index (χ4v) is 4.15. The van der Waals surface area contributed by atoms with Crippen LogP contribution in [-0.4, -0.2) is 66.3 Å². The zero-order valence-electron chi connectivity index (χ0n) is 18.4. The molecule has 162 valence electrons. The first kappa shape index (κ1) is 21.1. The molecule has 0 aliphatic carbocycles. The number of carbonyl (C=O) groups is 2. The molecule has 0 saturated carbocycles. The summed E-state index contributed by atoms with van der Waals surface area (Å²) >= 11 is 0. The lowest BCUT2D eigenvalue weighted by molar-refractivity contribution is -0.133. The van der Waals surface area contributed by atoms with Crippen LogP contribution in [-0.2, 0) is 11.3 Å². The van der Waals surface area contributed by atoms with Crippen LogP contribution in [0.25, 0.3) is 11.0 Å². The zero-order chi connectivity index (χ0) is 22.0. The maximum atomic E-state index is 12.9. The number of nitrogens with zero attached hydrogens (tertiary/aromatic N) is 3. The van der Waals surface area contributed by atoms with Gasteiger partial charge in [-0.05, 0) is 25.5 Å². The van der Waals surface area contributed by atoms with Gasteiger partial charge in [-0.3, -0.25) is 14.5 Å². The van der Waals surface area contributed by atoms with E-state index in [9.17, 15) is 9.59 Å². The topological polar surface area (TPSA) is 57.0 Å². The van der Waals surface area contributed by atoms with Crippen LogP contribution in [0.4, 0.5) is 0 Å². The summed E-state index contributed by atoms with van der Waals surface area (Å²) in [5, 5.41) is 0.926. The quantitative estimate of drug-likeness (QED) is 0.636. The summed E-state index contributed by atoms with van der Waals surface area (Å²) in [7, 11) is 1.65. The summed E-state index contributed by atoms with van der Waals surface area (Å²) in [4.78, 5) is 31.3. The van der Waals surface area contributed by atoms with Gasteiger partial charge in [-0.1, -0.05) is 48.0 Å². The van der Waals surface area contributed by atoms with E-state index in [0.717, 1.165) is 30.6 Å². The smallest absolute Gasteiger partial charge is 0.290 e. The van der Waals surface area contributed by atoms with Gasteiger partial charge in [-0.15, -0.1) is 0 Å². The number of para-hydroxylation sites is 1. The van der Waals surface area contributed by atoms with E-state index in [4.69, 9.17) is 4.42 Å². The van der Waals surface area contributed by atoms with Crippen molar-refractivity contribution in [3.05, 3.63) is 71.0 Å². The fraction of sp³-hybridized carbons (Fsp3) is 0.360. The van der Waals surface area contributed by atoms with Gasteiger partial charge in [0, 0.05) is 50.7 Å². The number of piperazine rings is 1. The first-order chi connectivity index (χ1) is 14.9. The molecule has 1 aliphatic heterocycles. The molecule has 0 radical (unpaired) electrons. The molecule has 0 unspecified atom stereocenters. The summed E-state index contributed by atoms with van der Waals surface area (Å²) in [5.41, 5.74) is 4.06. The molecule has 2 heterocycles. The number of aryl methyl sites for hydroxylation is 2. The van der Waals surface area contributed by atoms with Gasteiger partial charge in [-0.25, -0.2) is 0 Å². The zero-order valence-corrected chi connectivity index (χ0v) is 18.4. The van der Waals surface area contributed by atoms with E-state index >= 15 is 0 Å². The molecule has 0 atom stereocenters. The number of amides is 2. The van der Waals surface area contributed by atoms with Crippen LogP contribution in [0.5, 0.6) is 0 Å². The van der Waals surface area contributed by atoms with Crippen LogP contribution < -0.4 is 0 Å². The molecule has 4 rings (SSSR count). The predicted octanol–water partition coefficient (Wildman–Crippen LogP) is 3.47. The third-order valence-electron chi connectivity index (χ3n) is 5.97. The van der Waals surface area contributed by atoms with E-state index in [2.05, 4.69) is 36.1 Å². The molecule has 1 aromatic heterocycles. The van der Waals surface area contributed by atoms with Crippen molar-refractivity contribution in [2.45, 2.75) is 20.4 Å². The van der Waals surface area contributed by atoms with Gasteiger partial charge in [0.25, 0.3) is 5.91 Å². The Labute approximate surface area is 183 Å². The van der Waals surface area contributed by atoms with E-state index in [1.165, 1.54) is 16.0 Å². The first-order valence-corrected chi connectivity index (χ1v) is 10.7. The number of likely N-dealkylation sites (N-methyl/N-ethyl adjacent to an activating group) is 1. The van der Waals surface area contributed by atoms with Gasteiger partial charge in [0.05, 0.1) is 6.54 Å². The third-order valence-corrected chi connectivity index (χ3v) is 5.97. The van der Waals surface area contributed by atoms with E-state index in [-0.39, 0.29) is 18.4 Å². The molecule has 6 heteroatoms. The average Bonchev–Trinajstić information content (AvgIpc) is 3.10. The van der Waals surface area contributed by atoms with Gasteiger partial charge in [0.2, 0.25) is 5.91 Å². The number of carbonyl (C=O) groups excluding carboxylic acids is 2. The molecular weight excluding hydrogens is 390 g/mol. The fourth-order valence-electron chi connectivity index (χ4n) is 4.15. The normalized spacial score (nSPS) is 14.7. The van der Waals surface area contributed by atoms with Gasteiger partial charge in [0.1, 0.15) is 5.58 Å². The third kappa shape index (κ3) is 4.64. The lowest BCUT2D eigenvalue weighted by atomic mass is 10.1. The van der Waals surface area contributed by atoms with Crippen molar-refractivity contribution in [3.63, 3.8) is 0 Å². The molecule has 2 aromatic carbocycles. The highest BCUT2D eigenvalue weighted by Gasteiger charge is 2.26. The summed E-state index contributed by atoms with van der Waals surface area (Å²) in [6.07, 6.45) is 0. The maximum absolute atomic E-state index is 12.9. The largest absolute Gasteiger partial charge is 0.451 e. The SMILES string of the molecule is Cc1cccc(CN2CCN(C(=O)CN(C)C(=O)c3oc4ccccc4c3C)CC2)c1. The Morgan fingerprint density at radius 2 is 1.74 bits per heavy atom. The number of hydrogen-bond acceptors (Lipinski definition) is 4. The van der Waals surface area contributed by atoms with Crippen molar-refractivity contribution in [1.29, 1.82) is 0 Å². The molecule has 0 spiro atoms. The van der Waals surface area contributed by atoms with E-state index in [0.29, 0.717) is 24.4 Å². The van der Waals surface area contributed by atoms with Gasteiger partial charge >= 0.3 is 0 Å². The lowest BCUT2D eigenvalue weighted by Gasteiger charge is -2.35. The van der Waals surface area contributed by atoms with Crippen LogP contribution >= 0.6 is 0 Å². The molecule has 3 aromatic rings. The summed E-state index contributed by atoms with van der Waals surface area (Å²) in [6.45, 7) is 7.94. The minimum Gasteiger partial charge on any atom is -0.451 e. The average molecular weight is 420 g/mol. The molecule has 0 N–H and O–H groups in total. The molecule has 1 saturated heterocycles. The van der Waals surface area contributed by atoms with Crippen molar-refractivity contribution in [2.75, 3.05) is 39.8 Å². The molecule has 2 amide bonds. The van der Waals surface area contributed by atoms with Gasteiger partial charge in [0.15, 0.2) is 5.76 Å². The van der Waals surface area contributed by atoms with Crippen LogP contribution in [0.1, 0.15) is 27.2 Å². The second-order valence-corrected chi connectivity index (χ2v) is 8.36. The Balaban J connectivity index is 1.32. The highest BCUT2D eigenvalue weighted by molar-refractivity contribution is 6.00. The Morgan fingerprint density at radius 1 is 1.00 bits per heavy atom. The van der Waals surface area contributed by atoms with Crippen molar-refractivity contribution < 1.29 is 14.0 Å². The van der Waals surface area contributed by atoms with Crippen molar-refractivity contribution in [2.24, 2.45) is 0 Å². The number of benzene rings is 2. The minimum atomic E-state index is -0.264. The number of hydrogen-bond donors (Lipinski definition) is 0. The maximum Gasteiger partial charge on any atom is 0.290 e. The van der Waals surface area contributed by atoms with Gasteiger partial charge < -0.3 is 14.2 Å². The van der Waals surface area contributed by atoms with Crippen LogP contribution in [0.3, 0.4) is 0 Å². The Hall–Kier alpha value is -3.12. The predicted molar refractivity (Wildman–Crippen MR) is 121 cm³/mol. The molecule has 31 heavy (non-hydrogen) atoms. The van der Waals surface area contributed by atoms with Crippen molar-refractivity contribution in [3.8, 4) is 0 Å². The number of rotatable bonds is 5. The van der Waals surface area contributed by atoms with Crippen molar-refractivity contribution >= 4 is 22.8 Å². The molecule has 0 bridgehead atoms. The first-order valence-electron chi connectivity index (χ1n) is 10.7. The summed E-state index contributed by atoms with van der Waals surface area (Å²) in [6, 6.07) is 16.1. The Kier molecular flexibility index (Phi) is 6.09. The highest BCUT2D eigenvalue weighted by Crippen LogP contribution is 2.25. The molecule has 1 aliphatic rings. The molecular formula is C25H29N3O3. The molecule has 6 nitrogen and oxygen atoms in total. The van der Waals surface area contributed by atoms with E-state index in [1.807, 2.05) is 36.1 Å². The van der Waals surface area contributed by atoms with Crippen LogP contribution in [0.15, 0.2) is 52.9 Å². The Morgan fingerprint density at radius 3 is 2.45 bits per heavy atom. The van der Waals surface area contributed by atoms with Crippen molar-refractivity contribution in [1.82, 2.24) is 14.7 Å². The number of fused-ring (bicyclic) bond motifs is 1. The second kappa shape index (κ2) is 8.94. The lowest BCUT2D eigenvalue weighted by Crippen LogP contribution is -2.51. The molecule has 1 fully saturated rings. The summed E-state index contributed by atoms with van der Waals surface area (Å²) in [5.74, 6) is 0.0134. The standard InChI is InChI=1S/C25H29N3O3/c1-18-7-6-8-20(15-18)16-27-11-13-28(14-12-27)23(29)17-26(3)25(30)24-19(2)21-9-4-5-10-22(21)31-24/h4-10,15H,11-14,16-17H2,1-3H3. The second-order valence-electron chi connectivity index (χ2n) is 8.36. The van der Waals surface area contributed by atoms with Crippen LogP contribution in [0, 0.1) is 13.8 Å². The van der Waals surface area contributed by atoms with Crippen LogP contribution in [0.2, 0.25) is 0 Å². The minimum absolute atomic E-state index is 0.0279. The van der Waals surface area contributed by atoms with Gasteiger partial charge in [-0.2, -0.15) is 0 Å².